The van der Waals surface area contributed by atoms with Gasteiger partial charge in [-0.3, -0.25) is 4.99 Å². The fourth-order valence-corrected chi connectivity index (χ4v) is 2.95. The molecule has 2 rings (SSSR count). The summed E-state index contributed by atoms with van der Waals surface area (Å²) in [5.41, 5.74) is 1.11. The van der Waals surface area contributed by atoms with Crippen molar-refractivity contribution in [1.29, 1.82) is 0 Å². The molecule has 0 aliphatic carbocycles. The van der Waals surface area contributed by atoms with E-state index in [2.05, 4.69) is 45.7 Å². The lowest BCUT2D eigenvalue weighted by atomic mass is 10.3. The van der Waals surface area contributed by atoms with Gasteiger partial charge in [-0.05, 0) is 25.0 Å². The first-order valence-electron chi connectivity index (χ1n) is 7.12. The van der Waals surface area contributed by atoms with Crippen molar-refractivity contribution >= 4 is 51.5 Å². The molecule has 2 N–H and O–H groups in total. The highest BCUT2D eigenvalue weighted by Gasteiger charge is 2.03. The first-order chi connectivity index (χ1) is 9.83. The molecule has 1 heterocycles. The Labute approximate surface area is 147 Å². The highest BCUT2D eigenvalue weighted by atomic mass is 127. The molecule has 0 aliphatic rings. The molecule has 0 saturated heterocycles. The van der Waals surface area contributed by atoms with Crippen LogP contribution in [0.1, 0.15) is 24.8 Å². The molecule has 0 fully saturated rings. The van der Waals surface area contributed by atoms with Crippen molar-refractivity contribution in [3.05, 3.63) is 29.3 Å². The van der Waals surface area contributed by atoms with Crippen molar-refractivity contribution in [3.63, 3.8) is 0 Å². The predicted octanol–water partition coefficient (Wildman–Crippen LogP) is 3.42. The minimum atomic E-state index is 0. The van der Waals surface area contributed by atoms with Gasteiger partial charge in [-0.15, -0.1) is 35.3 Å². The van der Waals surface area contributed by atoms with Gasteiger partial charge in [-0.1, -0.05) is 19.1 Å². The number of aliphatic imine (C=N–C) groups is 1. The quantitative estimate of drug-likeness (QED) is 0.327. The summed E-state index contributed by atoms with van der Waals surface area (Å²) in [6, 6.07) is 8.31. The normalized spacial score (nSPS) is 11.2. The Morgan fingerprint density at radius 1 is 1.24 bits per heavy atom. The molecule has 0 amide bonds. The average Bonchev–Trinajstić information content (AvgIpc) is 2.89. The fraction of sp³-hybridized carbons (Fsp3) is 0.467. The van der Waals surface area contributed by atoms with Crippen LogP contribution in [0.25, 0.3) is 10.2 Å². The fourth-order valence-electron chi connectivity index (χ4n) is 1.94. The lowest BCUT2D eigenvalue weighted by molar-refractivity contribution is 0.733. The van der Waals surface area contributed by atoms with Gasteiger partial charge in [0.25, 0.3) is 0 Å². The number of aryl methyl sites for hydroxylation is 1. The van der Waals surface area contributed by atoms with E-state index in [1.807, 2.05) is 6.07 Å². The molecule has 2 aromatic rings. The molecule has 6 heteroatoms. The molecule has 0 bridgehead atoms. The highest BCUT2D eigenvalue weighted by molar-refractivity contribution is 14.0. The van der Waals surface area contributed by atoms with Crippen molar-refractivity contribution in [3.8, 4) is 0 Å². The van der Waals surface area contributed by atoms with Crippen LogP contribution in [0.3, 0.4) is 0 Å². The van der Waals surface area contributed by atoms with E-state index in [1.165, 1.54) is 9.71 Å². The number of nitrogens with zero attached hydrogens (tertiary/aromatic N) is 2. The van der Waals surface area contributed by atoms with E-state index in [4.69, 9.17) is 0 Å². The van der Waals surface area contributed by atoms with Gasteiger partial charge in [0.15, 0.2) is 5.96 Å². The summed E-state index contributed by atoms with van der Waals surface area (Å²) in [6.07, 6.45) is 3.18. The zero-order valence-electron chi connectivity index (χ0n) is 12.6. The van der Waals surface area contributed by atoms with Gasteiger partial charge in [0.1, 0.15) is 0 Å². The predicted molar refractivity (Wildman–Crippen MR) is 103 cm³/mol. The number of guanidine groups is 1. The second-order valence-electron chi connectivity index (χ2n) is 4.60. The maximum atomic E-state index is 4.64. The smallest absolute Gasteiger partial charge is 0.190 e. The Hall–Kier alpha value is -0.890. The van der Waals surface area contributed by atoms with Crippen LogP contribution in [-0.4, -0.2) is 31.1 Å². The number of rotatable bonds is 6. The molecule has 1 aromatic carbocycles. The number of fused-ring (bicyclic) bond motifs is 1. The standard InChI is InChI=1S/C15H22N4S.HI/c1-3-10-17-15(16-2)18-11-6-9-14-19-12-7-4-5-8-13(12)20-14;/h4-5,7-8H,3,6,9-11H2,1-2H3,(H2,16,17,18);1H. The van der Waals surface area contributed by atoms with Gasteiger partial charge < -0.3 is 10.6 Å². The van der Waals surface area contributed by atoms with Crippen molar-refractivity contribution in [2.75, 3.05) is 20.1 Å². The van der Waals surface area contributed by atoms with Gasteiger partial charge >= 0.3 is 0 Å². The van der Waals surface area contributed by atoms with E-state index < -0.39 is 0 Å². The molecule has 4 nitrogen and oxygen atoms in total. The third-order valence-electron chi connectivity index (χ3n) is 2.96. The number of para-hydroxylation sites is 1. The number of hydrogen-bond acceptors (Lipinski definition) is 3. The molecule has 0 unspecified atom stereocenters. The summed E-state index contributed by atoms with van der Waals surface area (Å²) in [4.78, 5) is 8.83. The maximum Gasteiger partial charge on any atom is 0.190 e. The first-order valence-corrected chi connectivity index (χ1v) is 7.94. The van der Waals surface area contributed by atoms with Crippen LogP contribution in [0.15, 0.2) is 29.3 Å². The van der Waals surface area contributed by atoms with Crippen LogP contribution in [0.2, 0.25) is 0 Å². The third kappa shape index (κ3) is 5.78. The van der Waals surface area contributed by atoms with Crippen LogP contribution in [0.5, 0.6) is 0 Å². The second kappa shape index (κ2) is 9.94. The summed E-state index contributed by atoms with van der Waals surface area (Å²) in [6.45, 7) is 4.02. The van der Waals surface area contributed by atoms with Crippen LogP contribution in [0, 0.1) is 0 Å². The molecule has 116 valence electrons. The third-order valence-corrected chi connectivity index (χ3v) is 4.06. The highest BCUT2D eigenvalue weighted by Crippen LogP contribution is 2.22. The molecule has 0 spiro atoms. The zero-order chi connectivity index (χ0) is 14.2. The summed E-state index contributed by atoms with van der Waals surface area (Å²) in [7, 11) is 1.80. The largest absolute Gasteiger partial charge is 0.356 e. The van der Waals surface area contributed by atoms with Crippen molar-refractivity contribution in [2.24, 2.45) is 4.99 Å². The van der Waals surface area contributed by atoms with Gasteiger partial charge in [0.2, 0.25) is 0 Å². The second-order valence-corrected chi connectivity index (χ2v) is 5.72. The topological polar surface area (TPSA) is 49.3 Å². The summed E-state index contributed by atoms with van der Waals surface area (Å²) < 4.78 is 1.27. The Bertz CT molecular complexity index is 535. The molecule has 0 aliphatic heterocycles. The van der Waals surface area contributed by atoms with E-state index in [0.29, 0.717) is 0 Å². The molecule has 21 heavy (non-hydrogen) atoms. The molecule has 1 aromatic heterocycles. The van der Waals surface area contributed by atoms with Crippen LogP contribution in [-0.2, 0) is 6.42 Å². The molecule has 0 atom stereocenters. The maximum absolute atomic E-state index is 4.64. The Morgan fingerprint density at radius 3 is 2.71 bits per heavy atom. The Morgan fingerprint density at radius 2 is 2.00 bits per heavy atom. The zero-order valence-corrected chi connectivity index (χ0v) is 15.7. The van der Waals surface area contributed by atoms with Crippen molar-refractivity contribution in [2.45, 2.75) is 26.2 Å². The number of halogens is 1. The summed E-state index contributed by atoms with van der Waals surface area (Å²) in [5.74, 6) is 0.885. The lowest BCUT2D eigenvalue weighted by Crippen LogP contribution is -2.38. The number of aromatic nitrogens is 1. The lowest BCUT2D eigenvalue weighted by Gasteiger charge is -2.10. The molecule has 0 saturated carbocycles. The Kier molecular flexibility index (Phi) is 8.60. The SMILES string of the molecule is CCCNC(=NC)NCCCc1nc2ccccc2s1.I. The van der Waals surface area contributed by atoms with E-state index in [-0.39, 0.29) is 24.0 Å². The van der Waals surface area contributed by atoms with E-state index >= 15 is 0 Å². The van der Waals surface area contributed by atoms with Crippen LogP contribution >= 0.6 is 35.3 Å². The minimum absolute atomic E-state index is 0. The average molecular weight is 418 g/mol. The molecule has 0 radical (unpaired) electrons. The van der Waals surface area contributed by atoms with Gasteiger partial charge in [-0.25, -0.2) is 4.98 Å². The summed E-state index contributed by atoms with van der Waals surface area (Å²) >= 11 is 1.79. The summed E-state index contributed by atoms with van der Waals surface area (Å²) in [5, 5.41) is 7.80. The Balaban J connectivity index is 0.00000220. The van der Waals surface area contributed by atoms with E-state index in [0.717, 1.165) is 43.8 Å². The van der Waals surface area contributed by atoms with E-state index in [9.17, 15) is 0 Å². The van der Waals surface area contributed by atoms with Crippen molar-refractivity contribution in [1.82, 2.24) is 15.6 Å². The minimum Gasteiger partial charge on any atom is -0.356 e. The van der Waals surface area contributed by atoms with Gasteiger partial charge in [0.05, 0.1) is 15.2 Å². The number of hydrogen-bond donors (Lipinski definition) is 2. The number of thiazole rings is 1. The monoisotopic (exact) mass is 418 g/mol. The van der Waals surface area contributed by atoms with Gasteiger partial charge in [-0.2, -0.15) is 0 Å². The van der Waals surface area contributed by atoms with Crippen molar-refractivity contribution < 1.29 is 0 Å². The molecular weight excluding hydrogens is 395 g/mol. The van der Waals surface area contributed by atoms with Crippen LogP contribution in [0.4, 0.5) is 0 Å². The van der Waals surface area contributed by atoms with E-state index in [1.54, 1.807) is 18.4 Å². The molecular formula is C15H23IN4S. The number of benzene rings is 1. The number of nitrogens with one attached hydrogen (secondary N) is 2. The van der Waals surface area contributed by atoms with Crippen LogP contribution < -0.4 is 10.6 Å². The first kappa shape index (κ1) is 18.2. The van der Waals surface area contributed by atoms with Gasteiger partial charge in [0, 0.05) is 26.6 Å².